The molecule has 2 fully saturated rings. The number of hydrogen-bond acceptors (Lipinski definition) is 6. The molecule has 0 aliphatic carbocycles. The average Bonchev–Trinajstić information content (AvgIpc) is 3.40. The van der Waals surface area contributed by atoms with Crippen molar-refractivity contribution in [2.75, 3.05) is 45.9 Å². The second kappa shape index (κ2) is 11.0. The van der Waals surface area contributed by atoms with Gasteiger partial charge in [0.1, 0.15) is 5.76 Å². The van der Waals surface area contributed by atoms with E-state index in [1.54, 1.807) is 29.4 Å². The van der Waals surface area contributed by atoms with E-state index >= 15 is 0 Å². The molecule has 182 valence electrons. The Hall–Kier alpha value is -2.95. The lowest BCUT2D eigenvalue weighted by Crippen LogP contribution is -2.41. The Morgan fingerprint density at radius 3 is 2.38 bits per heavy atom. The molecule has 9 nitrogen and oxygen atoms in total. The third-order valence-corrected chi connectivity index (χ3v) is 8.05. The molecule has 1 aromatic heterocycles. The number of carbonyl (C=O) groups is 2. The van der Waals surface area contributed by atoms with Gasteiger partial charge in [-0.05, 0) is 61.2 Å². The number of sulfonamides is 1. The first-order valence-electron chi connectivity index (χ1n) is 11.4. The van der Waals surface area contributed by atoms with Crippen molar-refractivity contribution in [3.05, 3.63) is 60.1 Å². The lowest BCUT2D eigenvalue weighted by Gasteiger charge is -2.31. The summed E-state index contributed by atoms with van der Waals surface area (Å²) in [4.78, 5) is 26.8. The first kappa shape index (κ1) is 24.2. The molecule has 0 unspecified atom stereocenters. The summed E-state index contributed by atoms with van der Waals surface area (Å²) in [6.45, 7) is 3.20. The van der Waals surface area contributed by atoms with Crippen LogP contribution in [0.3, 0.4) is 0 Å². The van der Waals surface area contributed by atoms with Crippen LogP contribution >= 0.6 is 0 Å². The fourth-order valence-electron chi connectivity index (χ4n) is 4.06. The number of likely N-dealkylation sites (tertiary alicyclic amines) is 1. The number of amides is 2. The van der Waals surface area contributed by atoms with Crippen molar-refractivity contribution in [3.8, 4) is 0 Å². The highest BCUT2D eigenvalue weighted by Crippen LogP contribution is 2.19. The monoisotopic (exact) mass is 487 g/mol. The maximum atomic E-state index is 12.7. The molecule has 0 atom stereocenters. The second-order valence-electron chi connectivity index (χ2n) is 8.37. The zero-order valence-electron chi connectivity index (χ0n) is 18.9. The van der Waals surface area contributed by atoms with E-state index in [2.05, 4.69) is 5.32 Å². The van der Waals surface area contributed by atoms with Gasteiger partial charge in [0.25, 0.3) is 5.91 Å². The molecule has 3 heterocycles. The van der Waals surface area contributed by atoms with E-state index in [0.29, 0.717) is 57.3 Å². The van der Waals surface area contributed by atoms with Crippen molar-refractivity contribution in [1.29, 1.82) is 0 Å². The van der Waals surface area contributed by atoms with Crippen molar-refractivity contribution in [1.82, 2.24) is 14.5 Å². The molecule has 2 saturated heterocycles. The zero-order chi connectivity index (χ0) is 24.0. The quantitative estimate of drug-likeness (QED) is 0.598. The summed E-state index contributed by atoms with van der Waals surface area (Å²) in [6.07, 6.45) is 6.34. The van der Waals surface area contributed by atoms with Crippen molar-refractivity contribution < 1.29 is 27.2 Å². The van der Waals surface area contributed by atoms with E-state index in [1.807, 2.05) is 0 Å². The number of furan rings is 1. The molecule has 2 aliphatic rings. The number of hydrogen-bond donors (Lipinski definition) is 1. The van der Waals surface area contributed by atoms with Gasteiger partial charge in [0, 0.05) is 44.4 Å². The van der Waals surface area contributed by atoms with Gasteiger partial charge in [0.05, 0.1) is 24.4 Å². The van der Waals surface area contributed by atoms with E-state index < -0.39 is 10.0 Å². The van der Waals surface area contributed by atoms with Crippen LogP contribution in [0.4, 0.5) is 0 Å². The molecule has 2 amide bonds. The minimum atomic E-state index is -3.58. The number of nitrogens with one attached hydrogen (secondary N) is 1. The SMILES string of the molecule is O=C(NCC1CCN(C(=O)C=Cc2ccco2)CC1)c1ccc(S(=O)(=O)N2CCOCC2)cc1. The average molecular weight is 488 g/mol. The lowest BCUT2D eigenvalue weighted by atomic mass is 9.96. The van der Waals surface area contributed by atoms with Crippen LogP contribution in [0, 0.1) is 5.92 Å². The van der Waals surface area contributed by atoms with Crippen molar-refractivity contribution >= 4 is 27.9 Å². The summed E-state index contributed by atoms with van der Waals surface area (Å²) in [7, 11) is -3.58. The van der Waals surface area contributed by atoms with Gasteiger partial charge in [0.2, 0.25) is 15.9 Å². The smallest absolute Gasteiger partial charge is 0.251 e. The van der Waals surface area contributed by atoms with Crippen molar-refractivity contribution in [2.45, 2.75) is 17.7 Å². The molecular weight excluding hydrogens is 458 g/mol. The molecule has 0 saturated carbocycles. The van der Waals surface area contributed by atoms with E-state index in [0.717, 1.165) is 12.8 Å². The van der Waals surface area contributed by atoms with Gasteiger partial charge >= 0.3 is 0 Å². The van der Waals surface area contributed by atoms with Crippen LogP contribution in [0.25, 0.3) is 6.08 Å². The summed E-state index contributed by atoms with van der Waals surface area (Å²) in [5.41, 5.74) is 0.414. The van der Waals surface area contributed by atoms with Crippen LogP contribution in [0.1, 0.15) is 29.0 Å². The second-order valence-corrected chi connectivity index (χ2v) is 10.3. The van der Waals surface area contributed by atoms with Crippen LogP contribution in [-0.2, 0) is 19.6 Å². The topological polar surface area (TPSA) is 109 Å². The molecule has 34 heavy (non-hydrogen) atoms. The van der Waals surface area contributed by atoms with Crippen LogP contribution in [0.2, 0.25) is 0 Å². The summed E-state index contributed by atoms with van der Waals surface area (Å²) in [6, 6.07) is 9.58. The Labute approximate surface area is 199 Å². The van der Waals surface area contributed by atoms with Crippen LogP contribution < -0.4 is 5.32 Å². The lowest BCUT2D eigenvalue weighted by molar-refractivity contribution is -0.127. The number of ether oxygens (including phenoxy) is 1. The molecular formula is C24H29N3O6S. The summed E-state index contributed by atoms with van der Waals surface area (Å²) < 4.78 is 37.2. The largest absolute Gasteiger partial charge is 0.465 e. The Kier molecular flexibility index (Phi) is 7.81. The third kappa shape index (κ3) is 5.94. The van der Waals surface area contributed by atoms with E-state index in [9.17, 15) is 18.0 Å². The normalized spacial score (nSPS) is 18.3. The number of piperidine rings is 1. The molecule has 10 heteroatoms. The number of nitrogens with zero attached hydrogens (tertiary/aromatic N) is 2. The molecule has 2 aromatic rings. The Morgan fingerprint density at radius 1 is 1.03 bits per heavy atom. The van der Waals surface area contributed by atoms with E-state index in [4.69, 9.17) is 9.15 Å². The molecule has 0 bridgehead atoms. The van der Waals surface area contributed by atoms with Gasteiger partial charge < -0.3 is 19.4 Å². The summed E-state index contributed by atoms with van der Waals surface area (Å²) in [5, 5.41) is 2.93. The molecule has 4 rings (SSSR count). The van der Waals surface area contributed by atoms with Gasteiger partial charge in [-0.15, -0.1) is 0 Å². The number of morpholine rings is 1. The Bertz CT molecular complexity index is 1100. The fourth-order valence-corrected chi connectivity index (χ4v) is 5.46. The molecule has 1 aromatic carbocycles. The van der Waals surface area contributed by atoms with Gasteiger partial charge in [-0.2, -0.15) is 4.31 Å². The summed E-state index contributed by atoms with van der Waals surface area (Å²) >= 11 is 0. The molecule has 1 N–H and O–H groups in total. The van der Waals surface area contributed by atoms with Crippen LogP contribution in [0.5, 0.6) is 0 Å². The standard InChI is InChI=1S/C24H29N3O6S/c28-23(8-5-21-2-1-15-33-21)26-11-9-19(10-12-26)18-25-24(29)20-3-6-22(7-4-20)34(30,31)27-13-16-32-17-14-27/h1-8,15,19H,9-14,16-18H2,(H,25,29). The molecule has 2 aliphatic heterocycles. The highest BCUT2D eigenvalue weighted by Gasteiger charge is 2.26. The van der Waals surface area contributed by atoms with Gasteiger partial charge in [-0.1, -0.05) is 0 Å². The zero-order valence-corrected chi connectivity index (χ0v) is 19.7. The predicted octanol–water partition coefficient (Wildman–Crippen LogP) is 1.98. The maximum absolute atomic E-state index is 12.7. The van der Waals surface area contributed by atoms with Gasteiger partial charge in [-0.25, -0.2) is 8.42 Å². The van der Waals surface area contributed by atoms with Crippen molar-refractivity contribution in [2.24, 2.45) is 5.92 Å². The molecule has 0 spiro atoms. The van der Waals surface area contributed by atoms with Crippen LogP contribution in [0.15, 0.2) is 58.1 Å². The number of rotatable bonds is 7. The minimum Gasteiger partial charge on any atom is -0.465 e. The third-order valence-electron chi connectivity index (χ3n) is 6.14. The Morgan fingerprint density at radius 2 is 1.74 bits per heavy atom. The Balaban J connectivity index is 1.23. The number of benzene rings is 1. The fraction of sp³-hybridized carbons (Fsp3) is 0.417. The van der Waals surface area contributed by atoms with Crippen molar-refractivity contribution in [3.63, 3.8) is 0 Å². The predicted molar refractivity (Wildman–Crippen MR) is 125 cm³/mol. The highest BCUT2D eigenvalue weighted by molar-refractivity contribution is 7.89. The first-order chi connectivity index (χ1) is 16.4. The van der Waals surface area contributed by atoms with E-state index in [1.165, 1.54) is 34.6 Å². The van der Waals surface area contributed by atoms with E-state index in [-0.39, 0.29) is 22.6 Å². The highest BCUT2D eigenvalue weighted by atomic mass is 32.2. The summed E-state index contributed by atoms with van der Waals surface area (Å²) in [5.74, 6) is 0.627. The maximum Gasteiger partial charge on any atom is 0.251 e. The van der Waals surface area contributed by atoms with Gasteiger partial charge in [-0.3, -0.25) is 9.59 Å². The van der Waals surface area contributed by atoms with Gasteiger partial charge in [0.15, 0.2) is 0 Å². The minimum absolute atomic E-state index is 0.0500. The first-order valence-corrected chi connectivity index (χ1v) is 12.8. The number of carbonyl (C=O) groups excluding carboxylic acids is 2. The molecule has 0 radical (unpaired) electrons. The van der Waals surface area contributed by atoms with Crippen LogP contribution in [-0.4, -0.2) is 75.4 Å².